The maximum atomic E-state index is 17.3. The highest BCUT2D eigenvalue weighted by atomic mass is 19.1. The van der Waals surface area contributed by atoms with Crippen LogP contribution in [-0.2, 0) is 9.59 Å². The summed E-state index contributed by atoms with van der Waals surface area (Å²) in [6, 6.07) is 0. The van der Waals surface area contributed by atoms with Crippen LogP contribution in [0, 0.1) is 28.1 Å². The molecule has 0 unspecified atom stereocenters. The minimum Gasteiger partial charge on any atom is -0.390 e. The number of hydrogen-bond acceptors (Lipinski definition) is 4. The van der Waals surface area contributed by atoms with Crippen LogP contribution in [0.5, 0.6) is 0 Å². The minimum absolute atomic E-state index is 0.0727. The number of allylic oxidation sites excluding steroid dienone is 4. The third-order valence-electron chi connectivity index (χ3n) is 9.54. The molecule has 0 heterocycles. The SMILES string of the molecule is CCC(=O)[C@@]1(O)[C@@H](C)C[C@H]2[C@]3(C)C[C@H](F)C4=CC(=O)C=C[C@]4(C)[C@@]3(F)[C@@H](O)C[C@@]21C. The van der Waals surface area contributed by atoms with Gasteiger partial charge in [-0.15, -0.1) is 0 Å². The molecule has 0 bridgehead atoms. The first-order valence-corrected chi connectivity index (χ1v) is 11.0. The normalized spacial score (nSPS) is 54.8. The Bertz CT molecular complexity index is 882. The number of aliphatic hydroxyl groups is 2. The van der Waals surface area contributed by atoms with E-state index >= 15 is 8.78 Å². The lowest BCUT2D eigenvalue weighted by Crippen LogP contribution is -2.74. The van der Waals surface area contributed by atoms with Gasteiger partial charge in [-0.2, -0.15) is 0 Å². The van der Waals surface area contributed by atoms with E-state index in [0.717, 1.165) is 0 Å². The van der Waals surface area contributed by atoms with Crippen molar-refractivity contribution in [1.29, 1.82) is 0 Å². The molecule has 0 aromatic carbocycles. The van der Waals surface area contributed by atoms with Crippen molar-refractivity contribution < 1.29 is 28.6 Å². The molecule has 30 heavy (non-hydrogen) atoms. The Morgan fingerprint density at radius 2 is 1.87 bits per heavy atom. The molecular weight excluding hydrogens is 390 g/mol. The average molecular weight is 423 g/mol. The van der Waals surface area contributed by atoms with Crippen LogP contribution >= 0.6 is 0 Å². The predicted molar refractivity (Wildman–Crippen MR) is 108 cm³/mol. The Kier molecular flexibility index (Phi) is 4.43. The molecule has 4 aliphatic carbocycles. The second kappa shape index (κ2) is 6.10. The van der Waals surface area contributed by atoms with Crippen molar-refractivity contribution in [3.05, 3.63) is 23.8 Å². The van der Waals surface area contributed by atoms with Gasteiger partial charge in [0.25, 0.3) is 0 Å². The van der Waals surface area contributed by atoms with E-state index < -0.39 is 51.6 Å². The Morgan fingerprint density at radius 1 is 1.23 bits per heavy atom. The van der Waals surface area contributed by atoms with Crippen molar-refractivity contribution in [2.75, 3.05) is 0 Å². The van der Waals surface area contributed by atoms with Crippen LogP contribution in [0.25, 0.3) is 0 Å². The summed E-state index contributed by atoms with van der Waals surface area (Å²) in [7, 11) is 0. The number of alkyl halides is 2. The number of carbonyl (C=O) groups excluding carboxylic acids is 2. The largest absolute Gasteiger partial charge is 0.390 e. The molecule has 0 amide bonds. The number of Topliss-reactive ketones (excluding diaryl/α,β-unsaturated/α-hetero) is 1. The van der Waals surface area contributed by atoms with Gasteiger partial charge in [-0.05, 0) is 55.7 Å². The highest BCUT2D eigenvalue weighted by Crippen LogP contribution is 2.75. The third-order valence-corrected chi connectivity index (χ3v) is 9.54. The second-order valence-corrected chi connectivity index (χ2v) is 10.7. The Hall–Kier alpha value is -1.40. The highest BCUT2D eigenvalue weighted by molar-refractivity contribution is 6.01. The van der Waals surface area contributed by atoms with E-state index in [1.807, 2.05) is 0 Å². The lowest BCUT2D eigenvalue weighted by Gasteiger charge is -2.68. The zero-order chi connectivity index (χ0) is 22.5. The summed E-state index contributed by atoms with van der Waals surface area (Å²) < 4.78 is 32.8. The minimum atomic E-state index is -2.24. The fourth-order valence-corrected chi connectivity index (χ4v) is 8.07. The third kappa shape index (κ3) is 2.08. The first kappa shape index (κ1) is 21.8. The van der Waals surface area contributed by atoms with Crippen molar-refractivity contribution in [2.24, 2.45) is 28.1 Å². The van der Waals surface area contributed by atoms with E-state index in [1.165, 1.54) is 18.2 Å². The van der Waals surface area contributed by atoms with Gasteiger partial charge in [0.05, 0.1) is 6.10 Å². The molecular formula is C24H32F2O4. The van der Waals surface area contributed by atoms with Crippen LogP contribution in [0.3, 0.4) is 0 Å². The van der Waals surface area contributed by atoms with Gasteiger partial charge in [0, 0.05) is 22.7 Å². The monoisotopic (exact) mass is 422 g/mol. The fourth-order valence-electron chi connectivity index (χ4n) is 8.07. The van der Waals surface area contributed by atoms with E-state index in [9.17, 15) is 19.8 Å². The molecule has 0 aromatic rings. The van der Waals surface area contributed by atoms with E-state index in [1.54, 1.807) is 34.6 Å². The summed E-state index contributed by atoms with van der Waals surface area (Å²) in [5, 5.41) is 22.9. The van der Waals surface area contributed by atoms with Crippen molar-refractivity contribution in [3.8, 4) is 0 Å². The van der Waals surface area contributed by atoms with Crippen molar-refractivity contribution in [1.82, 2.24) is 0 Å². The van der Waals surface area contributed by atoms with E-state index in [4.69, 9.17) is 0 Å². The number of hydrogen-bond donors (Lipinski definition) is 2. The van der Waals surface area contributed by atoms with Crippen molar-refractivity contribution in [2.45, 2.75) is 83.8 Å². The lowest BCUT2D eigenvalue weighted by atomic mass is 9.38. The zero-order valence-electron chi connectivity index (χ0n) is 18.3. The molecule has 166 valence electrons. The van der Waals surface area contributed by atoms with Gasteiger partial charge >= 0.3 is 0 Å². The Balaban J connectivity index is 1.94. The van der Waals surface area contributed by atoms with E-state index in [-0.39, 0.29) is 36.4 Å². The fraction of sp³-hybridized carbons (Fsp3) is 0.750. The summed E-state index contributed by atoms with van der Waals surface area (Å²) in [5.41, 5.74) is -7.75. The molecule has 3 saturated carbocycles. The molecule has 0 aliphatic heterocycles. The van der Waals surface area contributed by atoms with Crippen molar-refractivity contribution in [3.63, 3.8) is 0 Å². The van der Waals surface area contributed by atoms with Gasteiger partial charge in [0.2, 0.25) is 0 Å². The molecule has 4 nitrogen and oxygen atoms in total. The van der Waals surface area contributed by atoms with Gasteiger partial charge < -0.3 is 10.2 Å². The van der Waals surface area contributed by atoms with Crippen LogP contribution in [0.1, 0.15) is 60.3 Å². The molecule has 4 aliphatic rings. The topological polar surface area (TPSA) is 74.6 Å². The number of aliphatic hydroxyl groups excluding tert-OH is 1. The summed E-state index contributed by atoms with van der Waals surface area (Å²) in [5.74, 6) is -1.64. The number of carbonyl (C=O) groups is 2. The predicted octanol–water partition coefficient (Wildman–Crippen LogP) is 3.65. The first-order chi connectivity index (χ1) is 13.7. The Labute approximate surface area is 176 Å². The number of ketones is 2. The molecule has 6 heteroatoms. The molecule has 2 N–H and O–H groups in total. The van der Waals surface area contributed by atoms with Gasteiger partial charge in [-0.25, -0.2) is 8.78 Å². The van der Waals surface area contributed by atoms with Crippen LogP contribution in [0.4, 0.5) is 8.78 Å². The van der Waals surface area contributed by atoms with Gasteiger partial charge in [0.1, 0.15) is 11.8 Å². The first-order valence-electron chi connectivity index (χ1n) is 11.0. The number of halogens is 2. The Morgan fingerprint density at radius 3 is 2.47 bits per heavy atom. The standard InChI is InChI=1S/C24H32F2O4/c1-6-18(28)23(30)13(2)9-17-21(23,4)12-19(29)24(26)20(3)8-7-14(27)10-15(20)16(25)11-22(17,24)5/h7-8,10,13,16-17,19,29-30H,6,9,11-12H2,1-5H3/t13-,16-,17+,19-,20-,21-,22-,23-,24-/m0/s1. The molecule has 0 saturated heterocycles. The van der Waals surface area contributed by atoms with Gasteiger partial charge in [0.15, 0.2) is 17.2 Å². The quantitative estimate of drug-likeness (QED) is 0.712. The summed E-state index contributed by atoms with van der Waals surface area (Å²) >= 11 is 0. The van der Waals surface area contributed by atoms with Crippen LogP contribution in [0.15, 0.2) is 23.8 Å². The molecule has 0 aromatic heterocycles. The molecule has 4 rings (SSSR count). The van der Waals surface area contributed by atoms with Gasteiger partial charge in [-0.1, -0.05) is 33.8 Å². The highest BCUT2D eigenvalue weighted by Gasteiger charge is 2.80. The number of rotatable bonds is 2. The van der Waals surface area contributed by atoms with Crippen LogP contribution in [0.2, 0.25) is 0 Å². The molecule has 0 spiro atoms. The summed E-state index contributed by atoms with van der Waals surface area (Å²) in [6.45, 7) is 8.44. The smallest absolute Gasteiger partial charge is 0.178 e. The summed E-state index contributed by atoms with van der Waals surface area (Å²) in [6.07, 6.45) is 0.961. The molecule has 3 fully saturated rings. The van der Waals surface area contributed by atoms with E-state index in [0.29, 0.717) is 6.42 Å². The molecule has 0 radical (unpaired) electrons. The summed E-state index contributed by atoms with van der Waals surface area (Å²) in [4.78, 5) is 24.8. The maximum absolute atomic E-state index is 17.3. The lowest BCUT2D eigenvalue weighted by molar-refractivity contribution is -0.260. The van der Waals surface area contributed by atoms with Crippen LogP contribution in [-0.4, -0.2) is 45.3 Å². The maximum Gasteiger partial charge on any atom is 0.178 e. The second-order valence-electron chi connectivity index (χ2n) is 10.7. The zero-order valence-corrected chi connectivity index (χ0v) is 18.3. The number of fused-ring (bicyclic) bond motifs is 5. The average Bonchev–Trinajstić information content (AvgIpc) is 2.88. The van der Waals surface area contributed by atoms with Crippen molar-refractivity contribution >= 4 is 11.6 Å². The van der Waals surface area contributed by atoms with Gasteiger partial charge in [-0.3, -0.25) is 9.59 Å². The van der Waals surface area contributed by atoms with Crippen LogP contribution < -0.4 is 0 Å². The van der Waals surface area contributed by atoms with E-state index in [2.05, 4.69) is 0 Å². The molecule has 9 atom stereocenters.